The smallest absolute Gasteiger partial charge is 0.161 e. The lowest BCUT2D eigenvalue weighted by molar-refractivity contribution is -0.101. The Hall–Kier alpha value is -0.120. The quantitative estimate of drug-likeness (QED) is 0.576. The van der Waals surface area contributed by atoms with Gasteiger partial charge in [-0.2, -0.15) is 0 Å². The van der Waals surface area contributed by atoms with Gasteiger partial charge >= 0.3 is 0 Å². The Labute approximate surface area is 78.3 Å². The van der Waals surface area contributed by atoms with Gasteiger partial charge in [-0.3, -0.25) is 0 Å². The second-order valence-electron chi connectivity index (χ2n) is 4.43. The first kappa shape index (κ1) is 8.21. The average Bonchev–Trinajstić information content (AvgIpc) is 2.79. The second kappa shape index (κ2) is 2.94. The Morgan fingerprint density at radius 2 is 2.00 bits per heavy atom. The molecule has 3 fully saturated rings. The lowest BCUT2D eigenvalue weighted by Crippen LogP contribution is -2.27. The molecule has 1 saturated carbocycles. The van der Waals surface area contributed by atoms with Crippen molar-refractivity contribution in [3.63, 3.8) is 0 Å². The standard InChI is InChI=1S/C10H16O3/c1-6-5-11-10(12-6)7-2-3-8-9(4-7)13-8/h6-10H,2-5H2,1H3. The highest BCUT2D eigenvalue weighted by atomic mass is 16.7. The molecule has 3 rings (SSSR count). The van der Waals surface area contributed by atoms with E-state index in [1.165, 1.54) is 12.8 Å². The maximum absolute atomic E-state index is 5.69. The maximum Gasteiger partial charge on any atom is 0.161 e. The maximum atomic E-state index is 5.69. The SMILES string of the molecule is CC1COC(C2CCC3OC3C2)O1. The van der Waals surface area contributed by atoms with Crippen molar-refractivity contribution in [3.8, 4) is 0 Å². The third kappa shape index (κ3) is 1.49. The molecule has 1 aliphatic carbocycles. The highest BCUT2D eigenvalue weighted by molar-refractivity contribution is 4.93. The minimum Gasteiger partial charge on any atom is -0.370 e. The molecule has 0 spiro atoms. The molecule has 0 aromatic rings. The fourth-order valence-corrected chi connectivity index (χ4v) is 2.47. The molecule has 3 heteroatoms. The Morgan fingerprint density at radius 1 is 1.08 bits per heavy atom. The topological polar surface area (TPSA) is 31.0 Å². The van der Waals surface area contributed by atoms with Crippen molar-refractivity contribution in [1.82, 2.24) is 0 Å². The normalized spacial score (nSPS) is 54.7. The van der Waals surface area contributed by atoms with Crippen LogP contribution in [0.2, 0.25) is 0 Å². The molecule has 0 amide bonds. The van der Waals surface area contributed by atoms with Crippen LogP contribution in [0.5, 0.6) is 0 Å². The van der Waals surface area contributed by atoms with E-state index in [1.807, 2.05) is 0 Å². The predicted octanol–water partition coefficient (Wildman–Crippen LogP) is 1.32. The summed E-state index contributed by atoms with van der Waals surface area (Å²) in [4.78, 5) is 0. The number of epoxide rings is 1. The molecule has 3 nitrogen and oxygen atoms in total. The first-order valence-electron chi connectivity index (χ1n) is 5.25. The molecule has 13 heavy (non-hydrogen) atoms. The van der Waals surface area contributed by atoms with Gasteiger partial charge in [-0.25, -0.2) is 0 Å². The number of fused-ring (bicyclic) bond motifs is 1. The first-order chi connectivity index (χ1) is 6.33. The zero-order chi connectivity index (χ0) is 8.84. The Kier molecular flexibility index (Phi) is 1.86. The number of ether oxygens (including phenoxy) is 3. The largest absolute Gasteiger partial charge is 0.370 e. The van der Waals surface area contributed by atoms with Gasteiger partial charge in [0.05, 0.1) is 24.9 Å². The molecular weight excluding hydrogens is 168 g/mol. The lowest BCUT2D eigenvalue weighted by atomic mass is 9.89. The molecule has 74 valence electrons. The summed E-state index contributed by atoms with van der Waals surface area (Å²) < 4.78 is 16.8. The van der Waals surface area contributed by atoms with Gasteiger partial charge in [-0.1, -0.05) is 0 Å². The molecule has 5 unspecified atom stereocenters. The summed E-state index contributed by atoms with van der Waals surface area (Å²) in [6, 6.07) is 0. The fourth-order valence-electron chi connectivity index (χ4n) is 2.47. The van der Waals surface area contributed by atoms with Gasteiger partial charge in [-0.05, 0) is 26.2 Å². The summed E-state index contributed by atoms with van der Waals surface area (Å²) in [5.74, 6) is 0.577. The van der Waals surface area contributed by atoms with Gasteiger partial charge in [0, 0.05) is 5.92 Å². The number of rotatable bonds is 1. The van der Waals surface area contributed by atoms with Crippen LogP contribution in [-0.2, 0) is 14.2 Å². The molecule has 0 bridgehead atoms. The molecule has 0 radical (unpaired) electrons. The van der Waals surface area contributed by atoms with E-state index in [1.54, 1.807) is 0 Å². The Balaban J connectivity index is 1.59. The van der Waals surface area contributed by atoms with E-state index < -0.39 is 0 Å². The summed E-state index contributed by atoms with van der Waals surface area (Å²) >= 11 is 0. The summed E-state index contributed by atoms with van der Waals surface area (Å²) in [6.45, 7) is 2.83. The number of hydrogen-bond donors (Lipinski definition) is 0. The summed E-state index contributed by atoms with van der Waals surface area (Å²) in [5, 5.41) is 0. The summed E-state index contributed by atoms with van der Waals surface area (Å²) in [6.07, 6.45) is 4.99. The van der Waals surface area contributed by atoms with Crippen molar-refractivity contribution in [3.05, 3.63) is 0 Å². The molecule has 5 atom stereocenters. The third-order valence-corrected chi connectivity index (χ3v) is 3.29. The van der Waals surface area contributed by atoms with E-state index in [-0.39, 0.29) is 12.4 Å². The van der Waals surface area contributed by atoms with Crippen LogP contribution in [0.1, 0.15) is 26.2 Å². The van der Waals surface area contributed by atoms with Crippen LogP contribution in [0.15, 0.2) is 0 Å². The number of hydrogen-bond acceptors (Lipinski definition) is 3. The highest BCUT2D eigenvalue weighted by Crippen LogP contribution is 2.42. The molecule has 3 aliphatic rings. The predicted molar refractivity (Wildman–Crippen MR) is 46.3 cm³/mol. The van der Waals surface area contributed by atoms with E-state index >= 15 is 0 Å². The molecular formula is C10H16O3. The van der Waals surface area contributed by atoms with Gasteiger partial charge in [-0.15, -0.1) is 0 Å². The molecule has 0 aromatic carbocycles. The molecule has 2 aliphatic heterocycles. The van der Waals surface area contributed by atoms with Crippen LogP contribution >= 0.6 is 0 Å². The van der Waals surface area contributed by atoms with Crippen molar-refractivity contribution < 1.29 is 14.2 Å². The third-order valence-electron chi connectivity index (χ3n) is 3.29. The van der Waals surface area contributed by atoms with Gasteiger partial charge in [0.2, 0.25) is 0 Å². The van der Waals surface area contributed by atoms with Crippen LogP contribution in [0.4, 0.5) is 0 Å². The second-order valence-corrected chi connectivity index (χ2v) is 4.43. The van der Waals surface area contributed by atoms with Gasteiger partial charge in [0.15, 0.2) is 6.29 Å². The Bertz CT molecular complexity index is 206. The van der Waals surface area contributed by atoms with E-state index in [4.69, 9.17) is 14.2 Å². The lowest BCUT2D eigenvalue weighted by Gasteiger charge is -2.23. The van der Waals surface area contributed by atoms with Crippen molar-refractivity contribution in [2.75, 3.05) is 6.61 Å². The van der Waals surface area contributed by atoms with Crippen molar-refractivity contribution in [2.45, 2.75) is 50.8 Å². The zero-order valence-corrected chi connectivity index (χ0v) is 7.94. The fraction of sp³-hybridized carbons (Fsp3) is 1.00. The van der Waals surface area contributed by atoms with Crippen LogP contribution < -0.4 is 0 Å². The van der Waals surface area contributed by atoms with E-state index in [2.05, 4.69) is 6.92 Å². The van der Waals surface area contributed by atoms with Crippen LogP contribution in [-0.4, -0.2) is 31.2 Å². The van der Waals surface area contributed by atoms with Gasteiger partial charge in [0.25, 0.3) is 0 Å². The molecule has 0 aromatic heterocycles. The van der Waals surface area contributed by atoms with Crippen LogP contribution in [0.3, 0.4) is 0 Å². The van der Waals surface area contributed by atoms with E-state index in [0.717, 1.165) is 13.0 Å². The van der Waals surface area contributed by atoms with Gasteiger partial charge < -0.3 is 14.2 Å². The highest BCUT2D eigenvalue weighted by Gasteiger charge is 2.47. The van der Waals surface area contributed by atoms with E-state index in [9.17, 15) is 0 Å². The molecule has 2 saturated heterocycles. The van der Waals surface area contributed by atoms with Gasteiger partial charge in [0.1, 0.15) is 0 Å². The van der Waals surface area contributed by atoms with Crippen molar-refractivity contribution in [2.24, 2.45) is 5.92 Å². The summed E-state index contributed by atoms with van der Waals surface area (Å²) in [5.41, 5.74) is 0. The minimum atomic E-state index is 0.0557. The van der Waals surface area contributed by atoms with E-state index in [0.29, 0.717) is 18.1 Å². The van der Waals surface area contributed by atoms with Crippen LogP contribution in [0, 0.1) is 5.92 Å². The first-order valence-corrected chi connectivity index (χ1v) is 5.25. The summed E-state index contributed by atoms with van der Waals surface area (Å²) in [7, 11) is 0. The molecule has 2 heterocycles. The van der Waals surface area contributed by atoms with Crippen LogP contribution in [0.25, 0.3) is 0 Å². The minimum absolute atomic E-state index is 0.0557. The average molecular weight is 184 g/mol. The monoisotopic (exact) mass is 184 g/mol. The Morgan fingerprint density at radius 3 is 2.69 bits per heavy atom. The van der Waals surface area contributed by atoms with Crippen molar-refractivity contribution >= 4 is 0 Å². The van der Waals surface area contributed by atoms with Crippen molar-refractivity contribution in [1.29, 1.82) is 0 Å². The molecule has 0 N–H and O–H groups in total. The zero-order valence-electron chi connectivity index (χ0n) is 7.94.